The summed E-state index contributed by atoms with van der Waals surface area (Å²) >= 11 is 0. The number of hydrogen-bond donors (Lipinski definition) is 2. The molecular weight excluding hydrogens is 294 g/mol. The van der Waals surface area contributed by atoms with Crippen LogP contribution in [0.25, 0.3) is 0 Å². The number of nitrogens with zero attached hydrogens (tertiary/aromatic N) is 2. The Morgan fingerprint density at radius 3 is 2.67 bits per heavy atom. The van der Waals surface area contributed by atoms with E-state index in [4.69, 9.17) is 15.7 Å². The van der Waals surface area contributed by atoms with E-state index < -0.39 is 9.84 Å². The summed E-state index contributed by atoms with van der Waals surface area (Å²) in [5.41, 5.74) is 5.86. The fourth-order valence-corrected chi connectivity index (χ4v) is 2.20. The quantitative estimate of drug-likeness (QED) is 0.381. The van der Waals surface area contributed by atoms with E-state index in [-0.39, 0.29) is 16.6 Å². The summed E-state index contributed by atoms with van der Waals surface area (Å²) in [4.78, 5) is 4.15. The smallest absolute Gasteiger partial charge is 0.219 e. The van der Waals surface area contributed by atoms with E-state index in [1.165, 1.54) is 24.4 Å². The first-order valence-electron chi connectivity index (χ1n) is 5.82. The molecule has 21 heavy (non-hydrogen) atoms. The van der Waals surface area contributed by atoms with Gasteiger partial charge in [0.25, 0.3) is 0 Å². The number of pyridine rings is 1. The van der Waals surface area contributed by atoms with Crippen molar-refractivity contribution in [3.63, 3.8) is 0 Å². The molecular formula is C13H13N3O4S. The van der Waals surface area contributed by atoms with Gasteiger partial charge in [0.2, 0.25) is 5.88 Å². The highest BCUT2D eigenvalue weighted by Gasteiger charge is 2.09. The van der Waals surface area contributed by atoms with Crippen molar-refractivity contribution in [3.8, 4) is 11.6 Å². The number of hydrogen-bond acceptors (Lipinski definition) is 6. The van der Waals surface area contributed by atoms with Gasteiger partial charge in [-0.05, 0) is 24.3 Å². The molecule has 0 unspecified atom stereocenters. The normalized spacial score (nSPS) is 12.1. The number of nitrogens with two attached hydrogens (primary N) is 1. The van der Waals surface area contributed by atoms with Crippen LogP contribution in [0.5, 0.6) is 11.6 Å². The Morgan fingerprint density at radius 1 is 1.33 bits per heavy atom. The molecule has 0 aliphatic rings. The van der Waals surface area contributed by atoms with Crippen LogP contribution in [0.2, 0.25) is 0 Å². The Bertz CT molecular complexity index is 770. The molecule has 0 saturated heterocycles. The minimum absolute atomic E-state index is 0.0619. The first-order valence-corrected chi connectivity index (χ1v) is 7.71. The maximum atomic E-state index is 11.5. The Labute approximate surface area is 121 Å². The minimum atomic E-state index is -3.30. The molecule has 1 aromatic carbocycles. The highest BCUT2D eigenvalue weighted by molar-refractivity contribution is 7.90. The van der Waals surface area contributed by atoms with E-state index in [1.807, 2.05) is 0 Å². The van der Waals surface area contributed by atoms with Gasteiger partial charge in [-0.1, -0.05) is 11.2 Å². The van der Waals surface area contributed by atoms with Gasteiger partial charge in [0.1, 0.15) is 5.75 Å². The number of amidine groups is 1. The van der Waals surface area contributed by atoms with E-state index in [0.717, 1.165) is 6.26 Å². The maximum Gasteiger partial charge on any atom is 0.219 e. The molecule has 0 spiro atoms. The monoisotopic (exact) mass is 307 g/mol. The molecule has 0 aliphatic heterocycles. The number of ether oxygens (including phenoxy) is 1. The lowest BCUT2D eigenvalue weighted by atomic mass is 10.3. The molecule has 3 N–H and O–H groups in total. The number of benzene rings is 1. The number of aromatic nitrogens is 1. The average Bonchev–Trinajstić information content (AvgIpc) is 2.47. The second-order valence-corrected chi connectivity index (χ2v) is 6.24. The zero-order valence-corrected chi connectivity index (χ0v) is 11.9. The highest BCUT2D eigenvalue weighted by Crippen LogP contribution is 2.22. The van der Waals surface area contributed by atoms with Crippen LogP contribution in [0.15, 0.2) is 52.6 Å². The molecule has 0 bridgehead atoms. The van der Waals surface area contributed by atoms with E-state index in [0.29, 0.717) is 11.3 Å². The van der Waals surface area contributed by atoms with Gasteiger partial charge in [-0.3, -0.25) is 0 Å². The van der Waals surface area contributed by atoms with Gasteiger partial charge in [0.05, 0.1) is 4.90 Å². The van der Waals surface area contributed by atoms with E-state index in [1.54, 1.807) is 18.2 Å². The molecule has 8 heteroatoms. The number of sulfone groups is 1. The average molecular weight is 307 g/mol. The third kappa shape index (κ3) is 3.69. The summed E-state index contributed by atoms with van der Waals surface area (Å²) in [5, 5.41) is 11.4. The van der Waals surface area contributed by atoms with Crippen molar-refractivity contribution in [2.75, 3.05) is 6.26 Å². The predicted octanol–water partition coefficient (Wildman–Crippen LogP) is 1.37. The fourth-order valence-electron chi connectivity index (χ4n) is 1.54. The van der Waals surface area contributed by atoms with Crippen LogP contribution in [0.1, 0.15) is 5.56 Å². The van der Waals surface area contributed by atoms with Gasteiger partial charge < -0.3 is 15.7 Å². The lowest BCUT2D eigenvalue weighted by molar-refractivity contribution is 0.318. The van der Waals surface area contributed by atoms with Crippen LogP contribution in [0.3, 0.4) is 0 Å². The Kier molecular flexibility index (Phi) is 4.08. The van der Waals surface area contributed by atoms with Crippen LogP contribution < -0.4 is 10.5 Å². The second-order valence-electron chi connectivity index (χ2n) is 4.22. The minimum Gasteiger partial charge on any atom is -0.439 e. The molecule has 7 nitrogen and oxygen atoms in total. The number of rotatable bonds is 4. The predicted molar refractivity (Wildman–Crippen MR) is 76.4 cm³/mol. The summed E-state index contributed by atoms with van der Waals surface area (Å²) in [6, 6.07) is 9.19. The lowest BCUT2D eigenvalue weighted by Gasteiger charge is -2.06. The van der Waals surface area contributed by atoms with Gasteiger partial charge in [0, 0.05) is 24.1 Å². The van der Waals surface area contributed by atoms with Crippen LogP contribution in [-0.4, -0.2) is 30.7 Å². The van der Waals surface area contributed by atoms with E-state index in [9.17, 15) is 8.42 Å². The molecule has 0 radical (unpaired) electrons. The van der Waals surface area contributed by atoms with Gasteiger partial charge in [-0.25, -0.2) is 13.4 Å². The second kappa shape index (κ2) is 5.80. The van der Waals surface area contributed by atoms with Gasteiger partial charge in [-0.2, -0.15) is 0 Å². The Hall–Kier alpha value is -2.61. The first-order chi connectivity index (χ1) is 9.90. The van der Waals surface area contributed by atoms with Gasteiger partial charge in [0.15, 0.2) is 15.7 Å². The van der Waals surface area contributed by atoms with Crippen molar-refractivity contribution < 1.29 is 18.4 Å². The third-order valence-corrected chi connectivity index (χ3v) is 3.71. The van der Waals surface area contributed by atoms with Crippen LogP contribution in [-0.2, 0) is 9.84 Å². The summed E-state index contributed by atoms with van der Waals surface area (Å²) in [6.45, 7) is 0. The van der Waals surface area contributed by atoms with E-state index >= 15 is 0 Å². The lowest BCUT2D eigenvalue weighted by Crippen LogP contribution is -2.13. The fraction of sp³-hybridized carbons (Fsp3) is 0.0769. The standard InChI is InChI=1S/C13H13N3O4S/c1-21(18,19)11-4-2-3-10(7-11)20-12-6-5-9(8-15-12)13(14)16-17/h2-8,17H,1H3,(H2,14,16). The summed E-state index contributed by atoms with van der Waals surface area (Å²) in [5.74, 6) is 0.547. The van der Waals surface area contributed by atoms with Crippen molar-refractivity contribution in [1.29, 1.82) is 0 Å². The molecule has 1 aromatic heterocycles. The molecule has 110 valence electrons. The maximum absolute atomic E-state index is 11.5. The van der Waals surface area contributed by atoms with Crippen molar-refractivity contribution in [2.45, 2.75) is 4.90 Å². The summed E-state index contributed by atoms with van der Waals surface area (Å²) < 4.78 is 28.4. The Morgan fingerprint density at radius 2 is 2.10 bits per heavy atom. The van der Waals surface area contributed by atoms with Crippen molar-refractivity contribution in [2.24, 2.45) is 10.9 Å². The van der Waals surface area contributed by atoms with Crippen LogP contribution in [0, 0.1) is 0 Å². The van der Waals surface area contributed by atoms with Crippen molar-refractivity contribution in [1.82, 2.24) is 4.98 Å². The van der Waals surface area contributed by atoms with Crippen molar-refractivity contribution >= 4 is 15.7 Å². The zero-order chi connectivity index (χ0) is 15.5. The molecule has 2 aromatic rings. The van der Waals surface area contributed by atoms with E-state index in [2.05, 4.69) is 10.1 Å². The number of oxime groups is 1. The molecule has 2 rings (SSSR count). The van der Waals surface area contributed by atoms with Crippen molar-refractivity contribution in [3.05, 3.63) is 48.2 Å². The van der Waals surface area contributed by atoms with Gasteiger partial charge in [-0.15, -0.1) is 0 Å². The topological polar surface area (TPSA) is 115 Å². The molecule has 0 aliphatic carbocycles. The summed E-state index contributed by atoms with van der Waals surface area (Å²) in [6.07, 6.45) is 2.50. The largest absolute Gasteiger partial charge is 0.439 e. The van der Waals surface area contributed by atoms with Gasteiger partial charge >= 0.3 is 0 Å². The summed E-state index contributed by atoms with van der Waals surface area (Å²) in [7, 11) is -3.30. The molecule has 0 fully saturated rings. The van der Waals surface area contributed by atoms with Crippen LogP contribution >= 0.6 is 0 Å². The highest BCUT2D eigenvalue weighted by atomic mass is 32.2. The SMILES string of the molecule is CS(=O)(=O)c1cccc(Oc2ccc(/C(N)=N/O)cn2)c1. The Balaban J connectivity index is 2.23. The third-order valence-electron chi connectivity index (χ3n) is 2.60. The molecule has 0 amide bonds. The molecule has 0 saturated carbocycles. The molecule has 1 heterocycles. The zero-order valence-electron chi connectivity index (χ0n) is 11.1. The van der Waals surface area contributed by atoms with Crippen LogP contribution in [0.4, 0.5) is 0 Å². The first kappa shape index (κ1) is 14.8. The molecule has 0 atom stereocenters.